The van der Waals surface area contributed by atoms with Crippen LogP contribution < -0.4 is 0 Å². The maximum absolute atomic E-state index is 5.10. The number of rotatable bonds is 0. The third-order valence-corrected chi connectivity index (χ3v) is 7.95. The maximum Gasteiger partial charge on any atom is 0.165 e. The standard InChI is InChI=1S/C31H18N4/c1-2-5-20-17(4-1)12-18-13-19-14-26-21(25(19)15-24(18)20)7-8-27-30(26)35-28-16-32-11-9-22(28)23-6-3-10-33-29(23)31(35)34-27/h1-11,13,15-16H,12,14H2. The largest absolute Gasteiger partial charge is 0.289 e. The van der Waals surface area contributed by atoms with E-state index >= 15 is 0 Å². The summed E-state index contributed by atoms with van der Waals surface area (Å²) in [5.41, 5.74) is 16.2. The van der Waals surface area contributed by atoms with Crippen molar-refractivity contribution in [3.8, 4) is 22.3 Å². The average Bonchev–Trinajstić information content (AvgIpc) is 3.58. The zero-order valence-electron chi connectivity index (χ0n) is 18.8. The van der Waals surface area contributed by atoms with E-state index in [1.807, 2.05) is 24.7 Å². The van der Waals surface area contributed by atoms with E-state index in [1.54, 1.807) is 0 Å². The lowest BCUT2D eigenvalue weighted by molar-refractivity contribution is 1.20. The third-order valence-electron chi connectivity index (χ3n) is 7.95. The third kappa shape index (κ3) is 2.15. The van der Waals surface area contributed by atoms with Crippen molar-refractivity contribution in [1.82, 2.24) is 19.4 Å². The summed E-state index contributed by atoms with van der Waals surface area (Å²) in [6, 6.07) is 24.3. The topological polar surface area (TPSA) is 43.1 Å². The molecule has 0 N–H and O–H groups in total. The summed E-state index contributed by atoms with van der Waals surface area (Å²) < 4.78 is 2.29. The van der Waals surface area contributed by atoms with E-state index in [9.17, 15) is 0 Å². The zero-order valence-corrected chi connectivity index (χ0v) is 18.8. The van der Waals surface area contributed by atoms with Crippen LogP contribution in [-0.2, 0) is 12.8 Å². The summed E-state index contributed by atoms with van der Waals surface area (Å²) in [5, 5.41) is 2.27. The highest BCUT2D eigenvalue weighted by atomic mass is 15.0. The number of hydrogen-bond acceptors (Lipinski definition) is 3. The van der Waals surface area contributed by atoms with Crippen LogP contribution in [0.5, 0.6) is 0 Å². The van der Waals surface area contributed by atoms with Crippen LogP contribution in [-0.4, -0.2) is 19.4 Å². The summed E-state index contributed by atoms with van der Waals surface area (Å²) in [6.07, 6.45) is 7.62. The first-order valence-corrected chi connectivity index (χ1v) is 12.0. The van der Waals surface area contributed by atoms with Gasteiger partial charge in [-0.05, 0) is 75.2 Å². The van der Waals surface area contributed by atoms with Crippen LogP contribution >= 0.6 is 0 Å². The normalized spacial score (nSPS) is 13.5. The quantitative estimate of drug-likeness (QED) is 0.243. The predicted octanol–water partition coefficient (Wildman–Crippen LogP) is 6.73. The molecule has 4 heteroatoms. The molecular formula is C31H18N4. The minimum absolute atomic E-state index is 0.900. The Bertz CT molecular complexity index is 2070. The van der Waals surface area contributed by atoms with Crippen molar-refractivity contribution in [2.75, 3.05) is 0 Å². The van der Waals surface area contributed by atoms with Gasteiger partial charge >= 0.3 is 0 Å². The molecule has 2 aliphatic carbocycles. The summed E-state index contributed by atoms with van der Waals surface area (Å²) >= 11 is 0. The number of pyridine rings is 3. The number of nitrogens with zero attached hydrogens (tertiary/aromatic N) is 4. The molecule has 4 aromatic heterocycles. The lowest BCUT2D eigenvalue weighted by atomic mass is 9.98. The molecule has 0 unspecified atom stereocenters. The Morgan fingerprint density at radius 1 is 0.686 bits per heavy atom. The van der Waals surface area contributed by atoms with Gasteiger partial charge < -0.3 is 0 Å². The second-order valence-electron chi connectivity index (χ2n) is 9.70. The molecule has 35 heavy (non-hydrogen) atoms. The van der Waals surface area contributed by atoms with Crippen molar-refractivity contribution in [2.45, 2.75) is 12.8 Å². The Balaban J connectivity index is 1.40. The minimum atomic E-state index is 0.900. The molecule has 0 fully saturated rings. The molecule has 0 spiro atoms. The number of imidazole rings is 1. The van der Waals surface area contributed by atoms with Gasteiger partial charge in [0.1, 0.15) is 5.52 Å². The molecule has 0 radical (unpaired) electrons. The molecule has 4 nitrogen and oxygen atoms in total. The van der Waals surface area contributed by atoms with E-state index in [4.69, 9.17) is 9.97 Å². The van der Waals surface area contributed by atoms with E-state index in [0.717, 1.165) is 45.8 Å². The molecule has 9 rings (SSSR count). The van der Waals surface area contributed by atoms with Crippen LogP contribution in [0.3, 0.4) is 0 Å². The van der Waals surface area contributed by atoms with E-state index in [-0.39, 0.29) is 0 Å². The molecule has 4 heterocycles. The fourth-order valence-corrected chi connectivity index (χ4v) is 6.47. The second kappa shape index (κ2) is 6.10. The van der Waals surface area contributed by atoms with Crippen molar-refractivity contribution in [3.63, 3.8) is 0 Å². The second-order valence-corrected chi connectivity index (χ2v) is 9.70. The lowest BCUT2D eigenvalue weighted by Crippen LogP contribution is -1.95. The Morgan fingerprint density at radius 2 is 1.60 bits per heavy atom. The fraction of sp³-hybridized carbons (Fsp3) is 0.0645. The zero-order chi connectivity index (χ0) is 22.7. The number of fused-ring (bicyclic) bond motifs is 15. The van der Waals surface area contributed by atoms with Crippen molar-refractivity contribution in [2.24, 2.45) is 0 Å². The predicted molar refractivity (Wildman–Crippen MR) is 140 cm³/mol. The van der Waals surface area contributed by atoms with Crippen molar-refractivity contribution in [1.29, 1.82) is 0 Å². The van der Waals surface area contributed by atoms with Crippen LogP contribution in [0.15, 0.2) is 85.3 Å². The molecule has 0 bridgehead atoms. The van der Waals surface area contributed by atoms with E-state index in [0.29, 0.717) is 0 Å². The van der Waals surface area contributed by atoms with Gasteiger partial charge in [0, 0.05) is 29.6 Å². The smallest absolute Gasteiger partial charge is 0.165 e. The first kappa shape index (κ1) is 17.8. The fourth-order valence-electron chi connectivity index (χ4n) is 6.47. The highest BCUT2D eigenvalue weighted by Gasteiger charge is 2.28. The average molecular weight is 447 g/mol. The SMILES string of the molecule is c1ccc2c(c1)Cc1cc3c(cc1-2)-c1ccc2nc4c5ncccc5c5ccncc5n4c2c1C3. The van der Waals surface area contributed by atoms with Gasteiger partial charge in [-0.1, -0.05) is 42.5 Å². The Kier molecular flexibility index (Phi) is 3.11. The number of benzene rings is 3. The molecular weight excluding hydrogens is 428 g/mol. The first-order valence-electron chi connectivity index (χ1n) is 12.0. The van der Waals surface area contributed by atoms with Crippen LogP contribution in [0.1, 0.15) is 22.3 Å². The van der Waals surface area contributed by atoms with Crippen LogP contribution in [0, 0.1) is 0 Å². The lowest BCUT2D eigenvalue weighted by Gasteiger charge is -2.09. The van der Waals surface area contributed by atoms with Gasteiger partial charge in [0.25, 0.3) is 0 Å². The summed E-state index contributed by atoms with van der Waals surface area (Å²) in [5.74, 6) is 0. The summed E-state index contributed by atoms with van der Waals surface area (Å²) in [4.78, 5) is 14.3. The molecule has 162 valence electrons. The molecule has 3 aromatic carbocycles. The number of aromatic nitrogens is 4. The molecule has 0 saturated heterocycles. The van der Waals surface area contributed by atoms with E-state index in [1.165, 1.54) is 50.0 Å². The van der Waals surface area contributed by atoms with Crippen LogP contribution in [0.4, 0.5) is 0 Å². The summed E-state index contributed by atoms with van der Waals surface area (Å²) in [7, 11) is 0. The molecule has 2 aliphatic rings. The minimum Gasteiger partial charge on any atom is -0.289 e. The van der Waals surface area contributed by atoms with E-state index in [2.05, 4.69) is 70.0 Å². The molecule has 0 atom stereocenters. The molecule has 0 amide bonds. The van der Waals surface area contributed by atoms with Gasteiger partial charge in [0.2, 0.25) is 0 Å². The van der Waals surface area contributed by atoms with Gasteiger partial charge in [-0.25, -0.2) is 4.98 Å². The van der Waals surface area contributed by atoms with Gasteiger partial charge in [-0.2, -0.15) is 0 Å². The van der Waals surface area contributed by atoms with Crippen LogP contribution in [0.25, 0.3) is 60.7 Å². The number of hydrogen-bond donors (Lipinski definition) is 0. The molecule has 0 saturated carbocycles. The van der Waals surface area contributed by atoms with Gasteiger partial charge in [0.15, 0.2) is 5.65 Å². The monoisotopic (exact) mass is 446 g/mol. The highest BCUT2D eigenvalue weighted by molar-refractivity contribution is 6.12. The summed E-state index contributed by atoms with van der Waals surface area (Å²) in [6.45, 7) is 0. The van der Waals surface area contributed by atoms with Gasteiger partial charge in [0.05, 0.1) is 22.7 Å². The molecule has 7 aromatic rings. The first-order chi connectivity index (χ1) is 17.3. The van der Waals surface area contributed by atoms with Crippen LogP contribution in [0.2, 0.25) is 0 Å². The molecule has 0 aliphatic heterocycles. The Morgan fingerprint density at radius 3 is 2.60 bits per heavy atom. The van der Waals surface area contributed by atoms with E-state index < -0.39 is 0 Å². The van der Waals surface area contributed by atoms with Crippen molar-refractivity contribution < 1.29 is 0 Å². The van der Waals surface area contributed by atoms with Gasteiger partial charge in [-0.3, -0.25) is 14.4 Å². The highest BCUT2D eigenvalue weighted by Crippen LogP contribution is 2.47. The van der Waals surface area contributed by atoms with Gasteiger partial charge in [-0.15, -0.1) is 0 Å². The van der Waals surface area contributed by atoms with Crippen molar-refractivity contribution >= 4 is 38.5 Å². The van der Waals surface area contributed by atoms with Crippen molar-refractivity contribution in [3.05, 3.63) is 108 Å². The Labute approximate surface area is 200 Å². The Hall–Kier alpha value is -4.57. The maximum atomic E-state index is 5.10.